The first-order valence-electron chi connectivity index (χ1n) is 3.84. The van der Waals surface area contributed by atoms with E-state index in [-0.39, 0.29) is 10.7 Å². The van der Waals surface area contributed by atoms with Crippen LogP contribution in [0.5, 0.6) is 0 Å². The van der Waals surface area contributed by atoms with Gasteiger partial charge in [0.05, 0.1) is 6.07 Å². The maximum absolute atomic E-state index is 8.67. The second-order valence-electron chi connectivity index (χ2n) is 2.73. The first-order valence-corrected chi connectivity index (χ1v) is 4.76. The molecule has 0 aliphatic rings. The zero-order valence-electron chi connectivity index (χ0n) is 6.87. The molecule has 0 amide bonds. The number of nitrogens with zero attached hydrogens (tertiary/aromatic N) is 1. The summed E-state index contributed by atoms with van der Waals surface area (Å²) in [7, 11) is 0. The van der Waals surface area contributed by atoms with Gasteiger partial charge in [0.15, 0.2) is 0 Å². The lowest BCUT2D eigenvalue weighted by atomic mass is 9.99. The molecule has 0 saturated carbocycles. The third-order valence-electron chi connectivity index (χ3n) is 1.89. The molecule has 0 fully saturated rings. The van der Waals surface area contributed by atoms with Crippen LogP contribution in [0, 0.1) is 11.3 Å². The molecule has 0 bridgehead atoms. The lowest BCUT2D eigenvalue weighted by Crippen LogP contribution is -2.05. The first-order chi connectivity index (χ1) is 5.75. The van der Waals surface area contributed by atoms with Crippen molar-refractivity contribution in [3.8, 4) is 6.07 Å². The van der Waals surface area contributed by atoms with Crippen LogP contribution in [0.1, 0.15) is 18.4 Å². The summed E-state index contributed by atoms with van der Waals surface area (Å²) in [6.07, 6.45) is 0. The van der Waals surface area contributed by atoms with Crippen LogP contribution in [0.25, 0.3) is 0 Å². The third kappa shape index (κ3) is 2.09. The molecule has 1 aromatic rings. The van der Waals surface area contributed by atoms with E-state index < -0.39 is 0 Å². The van der Waals surface area contributed by atoms with Crippen molar-refractivity contribution >= 4 is 15.9 Å². The second-order valence-corrected chi connectivity index (χ2v) is 3.72. The minimum Gasteiger partial charge on any atom is -0.197 e. The Kier molecular flexibility index (Phi) is 3.31. The highest BCUT2D eigenvalue weighted by atomic mass is 79.9. The number of hydrogen-bond donors (Lipinski definition) is 0. The fraction of sp³-hybridized carbons (Fsp3) is 0.300. The smallest absolute Gasteiger partial charge is 0.108 e. The molecule has 0 spiro atoms. The summed E-state index contributed by atoms with van der Waals surface area (Å²) in [6.45, 7) is 2.04. The van der Waals surface area contributed by atoms with Crippen LogP contribution >= 0.6 is 15.9 Å². The van der Waals surface area contributed by atoms with Gasteiger partial charge in [-0.15, -0.1) is 0 Å². The molecule has 0 aliphatic carbocycles. The lowest BCUT2D eigenvalue weighted by Gasteiger charge is -2.11. The Morgan fingerprint density at radius 3 is 2.42 bits per heavy atom. The SMILES string of the molecule is C[C@@H](c1ccccc1)[C@H](Br)C#N. The van der Waals surface area contributed by atoms with Gasteiger partial charge in [-0.2, -0.15) is 5.26 Å². The fourth-order valence-corrected chi connectivity index (χ4v) is 1.34. The van der Waals surface area contributed by atoms with Crippen molar-refractivity contribution in [2.75, 3.05) is 0 Å². The molecular weight excluding hydrogens is 214 g/mol. The zero-order chi connectivity index (χ0) is 8.97. The third-order valence-corrected chi connectivity index (χ3v) is 2.89. The number of halogens is 1. The molecule has 1 nitrogen and oxygen atoms in total. The Bertz CT molecular complexity index is 276. The predicted octanol–water partition coefficient (Wildman–Crippen LogP) is 3.08. The molecule has 12 heavy (non-hydrogen) atoms. The molecule has 0 aliphatic heterocycles. The average molecular weight is 224 g/mol. The molecule has 0 heterocycles. The Morgan fingerprint density at radius 1 is 1.33 bits per heavy atom. The largest absolute Gasteiger partial charge is 0.197 e. The molecule has 0 radical (unpaired) electrons. The highest BCUT2D eigenvalue weighted by Crippen LogP contribution is 2.23. The van der Waals surface area contributed by atoms with Crippen LogP contribution in [-0.2, 0) is 0 Å². The predicted molar refractivity (Wildman–Crippen MR) is 53.2 cm³/mol. The van der Waals surface area contributed by atoms with Gasteiger partial charge >= 0.3 is 0 Å². The van der Waals surface area contributed by atoms with Crippen molar-refractivity contribution in [3.05, 3.63) is 35.9 Å². The second kappa shape index (κ2) is 4.27. The Labute approximate surface area is 81.2 Å². The molecule has 0 unspecified atom stereocenters. The van der Waals surface area contributed by atoms with E-state index >= 15 is 0 Å². The number of hydrogen-bond acceptors (Lipinski definition) is 1. The van der Waals surface area contributed by atoms with Crippen molar-refractivity contribution in [1.82, 2.24) is 0 Å². The quantitative estimate of drug-likeness (QED) is 0.708. The number of alkyl halides is 1. The molecular formula is C10H10BrN. The van der Waals surface area contributed by atoms with Crippen molar-refractivity contribution in [2.24, 2.45) is 0 Å². The Morgan fingerprint density at radius 2 is 1.92 bits per heavy atom. The minimum atomic E-state index is -0.0973. The van der Waals surface area contributed by atoms with E-state index in [9.17, 15) is 0 Å². The zero-order valence-corrected chi connectivity index (χ0v) is 8.45. The van der Waals surface area contributed by atoms with Crippen molar-refractivity contribution in [2.45, 2.75) is 17.7 Å². The molecule has 1 rings (SSSR count). The van der Waals surface area contributed by atoms with E-state index in [0.29, 0.717) is 0 Å². The van der Waals surface area contributed by atoms with Gasteiger partial charge in [-0.3, -0.25) is 0 Å². The van der Waals surface area contributed by atoms with Crippen LogP contribution in [0.3, 0.4) is 0 Å². The average Bonchev–Trinajstić information content (AvgIpc) is 2.17. The standard InChI is InChI=1S/C10H10BrN/c1-8(10(11)7-12)9-5-3-2-4-6-9/h2-6,8,10H,1H3/t8-,10+/m0/s1. The van der Waals surface area contributed by atoms with E-state index in [1.807, 2.05) is 37.3 Å². The van der Waals surface area contributed by atoms with E-state index in [2.05, 4.69) is 22.0 Å². The molecule has 2 heteroatoms. The van der Waals surface area contributed by atoms with E-state index in [4.69, 9.17) is 5.26 Å². The monoisotopic (exact) mass is 223 g/mol. The number of nitriles is 1. The summed E-state index contributed by atoms with van der Waals surface area (Å²) in [5.41, 5.74) is 1.20. The number of rotatable bonds is 2. The van der Waals surface area contributed by atoms with Crippen LogP contribution < -0.4 is 0 Å². The number of benzene rings is 1. The molecule has 0 aromatic heterocycles. The molecule has 1 aromatic carbocycles. The highest BCUT2D eigenvalue weighted by molar-refractivity contribution is 9.09. The van der Waals surface area contributed by atoms with Gasteiger partial charge in [0, 0.05) is 5.92 Å². The summed E-state index contributed by atoms with van der Waals surface area (Å²) < 4.78 is 0. The van der Waals surface area contributed by atoms with E-state index in [0.717, 1.165) is 0 Å². The van der Waals surface area contributed by atoms with E-state index in [1.165, 1.54) is 5.56 Å². The first kappa shape index (κ1) is 9.28. The molecule has 2 atom stereocenters. The summed E-state index contributed by atoms with van der Waals surface area (Å²) >= 11 is 3.32. The van der Waals surface area contributed by atoms with Crippen molar-refractivity contribution in [3.63, 3.8) is 0 Å². The Hall–Kier alpha value is -0.810. The maximum atomic E-state index is 8.67. The maximum Gasteiger partial charge on any atom is 0.108 e. The minimum absolute atomic E-state index is 0.0973. The van der Waals surface area contributed by atoms with Gasteiger partial charge in [-0.1, -0.05) is 53.2 Å². The van der Waals surface area contributed by atoms with Gasteiger partial charge in [0.1, 0.15) is 4.83 Å². The topological polar surface area (TPSA) is 23.8 Å². The molecule has 0 N–H and O–H groups in total. The van der Waals surface area contributed by atoms with Crippen LogP contribution in [0.4, 0.5) is 0 Å². The van der Waals surface area contributed by atoms with Crippen molar-refractivity contribution < 1.29 is 0 Å². The highest BCUT2D eigenvalue weighted by Gasteiger charge is 2.13. The Balaban J connectivity index is 2.80. The van der Waals surface area contributed by atoms with Gasteiger partial charge < -0.3 is 0 Å². The molecule has 0 saturated heterocycles. The van der Waals surface area contributed by atoms with Crippen molar-refractivity contribution in [1.29, 1.82) is 5.26 Å². The summed E-state index contributed by atoms with van der Waals surface area (Å²) in [5, 5.41) is 8.67. The van der Waals surface area contributed by atoms with Crippen LogP contribution in [-0.4, -0.2) is 4.83 Å². The summed E-state index contributed by atoms with van der Waals surface area (Å²) in [4.78, 5) is -0.0973. The van der Waals surface area contributed by atoms with Gasteiger partial charge in [0.25, 0.3) is 0 Å². The van der Waals surface area contributed by atoms with Crippen LogP contribution in [0.2, 0.25) is 0 Å². The van der Waals surface area contributed by atoms with E-state index in [1.54, 1.807) is 0 Å². The molecule has 62 valence electrons. The van der Waals surface area contributed by atoms with Gasteiger partial charge in [-0.25, -0.2) is 0 Å². The summed E-state index contributed by atoms with van der Waals surface area (Å²) in [6, 6.07) is 12.2. The van der Waals surface area contributed by atoms with Gasteiger partial charge in [0.2, 0.25) is 0 Å². The normalized spacial score (nSPS) is 14.8. The van der Waals surface area contributed by atoms with Crippen LogP contribution in [0.15, 0.2) is 30.3 Å². The summed E-state index contributed by atoms with van der Waals surface area (Å²) in [5.74, 6) is 0.246. The lowest BCUT2D eigenvalue weighted by molar-refractivity contribution is 0.813. The van der Waals surface area contributed by atoms with Gasteiger partial charge in [-0.05, 0) is 5.56 Å². The fourth-order valence-electron chi connectivity index (χ4n) is 1.04.